The Balaban J connectivity index is 0.000000453. The number of amides is 1. The molecule has 0 saturated carbocycles. The second-order valence-electron chi connectivity index (χ2n) is 8.40. The number of halogens is 1. The largest absolute Gasteiger partial charge is 0.381 e. The van der Waals surface area contributed by atoms with E-state index in [-0.39, 0.29) is 11.7 Å². The minimum atomic E-state index is -0.339. The molecule has 1 aromatic carbocycles. The van der Waals surface area contributed by atoms with E-state index in [1.54, 1.807) is 12.4 Å². The van der Waals surface area contributed by atoms with E-state index >= 15 is 0 Å². The third-order valence-corrected chi connectivity index (χ3v) is 5.97. The fourth-order valence-electron chi connectivity index (χ4n) is 4.32. The third-order valence-electron chi connectivity index (χ3n) is 5.97. The smallest absolute Gasteiger partial charge is 0.254 e. The van der Waals surface area contributed by atoms with Crippen molar-refractivity contribution < 1.29 is 13.9 Å². The quantitative estimate of drug-likeness (QED) is 0.404. The molecule has 3 aromatic heterocycles. The molecule has 1 amide bonds. The molecule has 4 aromatic rings. The lowest BCUT2D eigenvalue weighted by molar-refractivity contribution is 0.0966. The number of carbonyl (C=O) groups excluding carboxylic acids is 1. The van der Waals surface area contributed by atoms with Crippen LogP contribution >= 0.6 is 0 Å². The normalized spacial score (nSPS) is 14.4. The summed E-state index contributed by atoms with van der Waals surface area (Å²) >= 11 is 0. The molecule has 3 N–H and O–H groups in total. The number of aromatic nitrogens is 3. The predicted molar refractivity (Wildman–Crippen MR) is 132 cm³/mol. The second-order valence-corrected chi connectivity index (χ2v) is 8.40. The van der Waals surface area contributed by atoms with Crippen LogP contribution in [-0.2, 0) is 17.8 Å². The summed E-state index contributed by atoms with van der Waals surface area (Å²) in [5.41, 5.74) is 5.26. The van der Waals surface area contributed by atoms with Crippen molar-refractivity contribution in [2.24, 2.45) is 0 Å². The molecule has 5 heterocycles. The number of benzene rings is 1. The van der Waals surface area contributed by atoms with Crippen LogP contribution in [0.4, 0.5) is 15.9 Å². The molecule has 35 heavy (non-hydrogen) atoms. The molecule has 0 radical (unpaired) electrons. The first-order chi connectivity index (χ1) is 17.1. The van der Waals surface area contributed by atoms with Gasteiger partial charge >= 0.3 is 0 Å². The molecule has 0 aliphatic carbocycles. The highest BCUT2D eigenvalue weighted by Gasteiger charge is 2.27. The van der Waals surface area contributed by atoms with E-state index < -0.39 is 0 Å². The number of anilines is 2. The van der Waals surface area contributed by atoms with Gasteiger partial charge in [0, 0.05) is 44.1 Å². The highest BCUT2D eigenvalue weighted by molar-refractivity contribution is 6.06. The number of hydrogen-bond acceptors (Lipinski definition) is 6. The average molecular weight is 475 g/mol. The van der Waals surface area contributed by atoms with Crippen molar-refractivity contribution in [3.63, 3.8) is 0 Å². The second kappa shape index (κ2) is 10.2. The molecule has 8 nitrogen and oxygen atoms in total. The monoisotopic (exact) mass is 474 g/mol. The molecule has 0 bridgehead atoms. The van der Waals surface area contributed by atoms with Gasteiger partial charge in [-0.25, -0.2) is 14.4 Å². The maximum Gasteiger partial charge on any atom is 0.254 e. The maximum atomic E-state index is 13.5. The summed E-state index contributed by atoms with van der Waals surface area (Å²) < 4.78 is 20.3. The summed E-state index contributed by atoms with van der Waals surface area (Å²) in [7, 11) is 1.87. The van der Waals surface area contributed by atoms with Crippen LogP contribution in [0.5, 0.6) is 0 Å². The van der Waals surface area contributed by atoms with Gasteiger partial charge in [-0.05, 0) is 49.7 Å². The number of nitrogens with zero attached hydrogens (tertiary/aromatic N) is 3. The lowest BCUT2D eigenvalue weighted by atomic mass is 9.99. The Morgan fingerprint density at radius 3 is 2.80 bits per heavy atom. The first kappa shape index (κ1) is 22.9. The van der Waals surface area contributed by atoms with Crippen molar-refractivity contribution in [2.75, 3.05) is 25.6 Å². The minimum Gasteiger partial charge on any atom is -0.381 e. The molecular weight excluding hydrogens is 447 g/mol. The lowest BCUT2D eigenvalue weighted by Gasteiger charge is -2.13. The van der Waals surface area contributed by atoms with Crippen LogP contribution in [0.3, 0.4) is 0 Å². The maximum absolute atomic E-state index is 13.5. The topological polar surface area (TPSA) is 92.6 Å². The zero-order valence-corrected chi connectivity index (χ0v) is 19.5. The van der Waals surface area contributed by atoms with Crippen LogP contribution in [0, 0.1) is 5.82 Å². The molecule has 9 heteroatoms. The molecule has 2 aliphatic heterocycles. The summed E-state index contributed by atoms with van der Waals surface area (Å²) in [4.78, 5) is 21.5. The van der Waals surface area contributed by atoms with Gasteiger partial charge in [-0.15, -0.1) is 0 Å². The van der Waals surface area contributed by atoms with Gasteiger partial charge in [-0.2, -0.15) is 0 Å². The van der Waals surface area contributed by atoms with Crippen LogP contribution in [0.1, 0.15) is 34.5 Å². The Morgan fingerprint density at radius 1 is 1.17 bits per heavy atom. The summed E-state index contributed by atoms with van der Waals surface area (Å²) in [5.74, 6) is 0.192. The van der Waals surface area contributed by atoms with Crippen molar-refractivity contribution in [1.29, 1.82) is 0 Å². The zero-order chi connectivity index (χ0) is 24.2. The number of imidazole rings is 1. The van der Waals surface area contributed by atoms with Crippen molar-refractivity contribution in [2.45, 2.75) is 25.9 Å². The molecule has 180 valence electrons. The van der Waals surface area contributed by atoms with Crippen molar-refractivity contribution >= 4 is 23.1 Å². The molecule has 0 unspecified atom stereocenters. The summed E-state index contributed by atoms with van der Waals surface area (Å²) in [5, 5.41) is 9.26. The van der Waals surface area contributed by atoms with E-state index in [1.165, 1.54) is 25.0 Å². The molecule has 6 rings (SSSR count). The van der Waals surface area contributed by atoms with Gasteiger partial charge in [-0.1, -0.05) is 12.1 Å². The molecule has 1 saturated heterocycles. The highest BCUT2D eigenvalue weighted by Crippen LogP contribution is 2.35. The van der Waals surface area contributed by atoms with Gasteiger partial charge in [0.1, 0.15) is 17.3 Å². The number of nitrogens with one attached hydrogen (secondary N) is 3. The number of carbonyl (C=O) groups is 1. The number of hydrogen-bond donors (Lipinski definition) is 3. The van der Waals surface area contributed by atoms with Crippen LogP contribution in [0.2, 0.25) is 0 Å². The summed E-state index contributed by atoms with van der Waals surface area (Å²) in [6.07, 6.45) is 5.90. The standard InChI is InChI=1S/C22H19FN6O.C4H8O/c1-24-10-14-3-2-4-19(27-14)28-17-6-5-15(16-11-26-22(30)21(16)17)18-12-25-20-9-13(23)7-8-29(18)20;1-2-4-5-3-1/h2-9,12,24H,10-11H2,1H3,(H,26,30)(H,27,28);1-4H2. The molecule has 0 spiro atoms. The van der Waals surface area contributed by atoms with Gasteiger partial charge in [-0.3, -0.25) is 9.20 Å². The van der Waals surface area contributed by atoms with E-state index in [0.717, 1.165) is 35.7 Å². The minimum absolute atomic E-state index is 0.138. The highest BCUT2D eigenvalue weighted by atomic mass is 19.1. The summed E-state index contributed by atoms with van der Waals surface area (Å²) in [6.45, 7) is 3.07. The summed E-state index contributed by atoms with van der Waals surface area (Å²) in [6, 6.07) is 12.3. The van der Waals surface area contributed by atoms with Gasteiger partial charge in [0.15, 0.2) is 0 Å². The Bertz CT molecular complexity index is 1360. The Morgan fingerprint density at radius 2 is 2.03 bits per heavy atom. The van der Waals surface area contributed by atoms with Gasteiger partial charge in [0.2, 0.25) is 0 Å². The van der Waals surface area contributed by atoms with E-state index in [9.17, 15) is 9.18 Å². The van der Waals surface area contributed by atoms with Crippen LogP contribution in [0.15, 0.2) is 54.9 Å². The SMILES string of the molecule is C1CCOC1.CNCc1cccc(Nc2ccc(-c3cnc4cc(F)ccn34)c3c2C(=O)NC3)n1. The van der Waals surface area contributed by atoms with Crippen molar-refractivity contribution in [1.82, 2.24) is 25.0 Å². The van der Waals surface area contributed by atoms with Gasteiger partial charge < -0.3 is 20.7 Å². The Kier molecular flexibility index (Phi) is 6.69. The van der Waals surface area contributed by atoms with E-state index in [1.807, 2.05) is 41.8 Å². The molecular formula is C26H27FN6O2. The molecule has 1 fully saturated rings. The first-order valence-corrected chi connectivity index (χ1v) is 11.7. The van der Waals surface area contributed by atoms with Gasteiger partial charge in [0.25, 0.3) is 5.91 Å². The van der Waals surface area contributed by atoms with Crippen LogP contribution in [-0.4, -0.2) is 40.5 Å². The number of rotatable bonds is 5. The van der Waals surface area contributed by atoms with Gasteiger partial charge in [0.05, 0.1) is 28.8 Å². The Labute approximate surface area is 202 Å². The number of ether oxygens (including phenoxy) is 1. The fraction of sp³-hybridized carbons (Fsp3) is 0.269. The molecule has 2 aliphatic rings. The van der Waals surface area contributed by atoms with E-state index in [2.05, 4.69) is 25.9 Å². The third kappa shape index (κ3) is 4.87. The first-order valence-electron chi connectivity index (χ1n) is 11.7. The van der Waals surface area contributed by atoms with E-state index in [4.69, 9.17) is 4.74 Å². The fourth-order valence-corrected chi connectivity index (χ4v) is 4.32. The molecule has 0 atom stereocenters. The number of pyridine rings is 2. The van der Waals surface area contributed by atoms with Crippen molar-refractivity contribution in [3.05, 3.63) is 77.5 Å². The number of fused-ring (bicyclic) bond motifs is 2. The Hall–Kier alpha value is -3.82. The zero-order valence-electron chi connectivity index (χ0n) is 19.5. The average Bonchev–Trinajstić information content (AvgIpc) is 3.63. The van der Waals surface area contributed by atoms with Crippen molar-refractivity contribution in [3.8, 4) is 11.3 Å². The lowest BCUT2D eigenvalue weighted by Crippen LogP contribution is -2.13. The predicted octanol–water partition coefficient (Wildman–Crippen LogP) is 4.04. The van der Waals surface area contributed by atoms with Crippen LogP contribution in [0.25, 0.3) is 16.9 Å². The van der Waals surface area contributed by atoms with Crippen LogP contribution < -0.4 is 16.0 Å². The van der Waals surface area contributed by atoms with E-state index in [0.29, 0.717) is 35.8 Å².